The molecule has 0 aliphatic heterocycles. The number of rotatable bonds is 5. The maximum Gasteiger partial charge on any atom is 0.142 e. The molecule has 0 unspecified atom stereocenters. The molecule has 0 aliphatic rings. The molecule has 4 nitrogen and oxygen atoms in total. The van der Waals surface area contributed by atoms with E-state index in [1.807, 2.05) is 0 Å². The summed E-state index contributed by atoms with van der Waals surface area (Å²) in [5.74, 6) is 1.41. The minimum absolute atomic E-state index is 0.253. The van der Waals surface area contributed by atoms with Crippen molar-refractivity contribution in [3.63, 3.8) is 0 Å². The summed E-state index contributed by atoms with van der Waals surface area (Å²) in [7, 11) is 3.17. The Labute approximate surface area is 82.8 Å². The summed E-state index contributed by atoms with van der Waals surface area (Å²) in [6, 6.07) is 5.36. The lowest BCUT2D eigenvalue weighted by Crippen LogP contribution is -2.03. The number of methoxy groups -OCH3 is 2. The second-order valence-corrected chi connectivity index (χ2v) is 2.61. The van der Waals surface area contributed by atoms with Crippen molar-refractivity contribution in [1.29, 1.82) is 0 Å². The van der Waals surface area contributed by atoms with Gasteiger partial charge in [0.2, 0.25) is 0 Å². The van der Waals surface area contributed by atoms with Crippen molar-refractivity contribution in [2.75, 3.05) is 26.1 Å². The number of anilines is 1. The lowest BCUT2D eigenvalue weighted by atomic mass is 10.2. The molecule has 0 radical (unpaired) electrons. The van der Waals surface area contributed by atoms with Crippen molar-refractivity contribution in [2.45, 2.75) is 0 Å². The Morgan fingerprint density at radius 2 is 2.14 bits per heavy atom. The molecule has 0 heterocycles. The summed E-state index contributed by atoms with van der Waals surface area (Å²) < 4.78 is 10.2. The van der Waals surface area contributed by atoms with Crippen molar-refractivity contribution in [1.82, 2.24) is 0 Å². The van der Waals surface area contributed by atoms with Gasteiger partial charge in [-0.3, -0.25) is 0 Å². The number of carbonyl (C=O) groups is 1. The van der Waals surface area contributed by atoms with Crippen LogP contribution in [0.5, 0.6) is 11.5 Å². The van der Waals surface area contributed by atoms with Crippen molar-refractivity contribution >= 4 is 12.0 Å². The largest absolute Gasteiger partial charge is 0.497 e. The van der Waals surface area contributed by atoms with Gasteiger partial charge in [-0.15, -0.1) is 0 Å². The van der Waals surface area contributed by atoms with Crippen LogP contribution < -0.4 is 14.8 Å². The third-order valence-electron chi connectivity index (χ3n) is 1.78. The quantitative estimate of drug-likeness (QED) is 0.720. The first-order valence-corrected chi connectivity index (χ1v) is 4.21. The summed E-state index contributed by atoms with van der Waals surface area (Å²) in [5.41, 5.74) is 0.749. The molecule has 0 spiro atoms. The van der Waals surface area contributed by atoms with Gasteiger partial charge in [-0.05, 0) is 12.1 Å². The first-order valence-electron chi connectivity index (χ1n) is 4.21. The van der Waals surface area contributed by atoms with E-state index < -0.39 is 0 Å². The van der Waals surface area contributed by atoms with E-state index in [4.69, 9.17) is 9.47 Å². The average Bonchev–Trinajstić information content (AvgIpc) is 2.25. The molecule has 0 fully saturated rings. The highest BCUT2D eigenvalue weighted by Gasteiger charge is 2.03. The molecule has 1 aromatic carbocycles. The van der Waals surface area contributed by atoms with E-state index in [0.29, 0.717) is 5.75 Å². The fraction of sp³-hybridized carbons (Fsp3) is 0.300. The molecule has 0 bridgehead atoms. The number of nitrogens with one attached hydrogen (secondary N) is 1. The molecule has 0 amide bonds. The average molecular weight is 195 g/mol. The smallest absolute Gasteiger partial charge is 0.142 e. The number of ether oxygens (including phenoxy) is 2. The molecule has 0 saturated carbocycles. The van der Waals surface area contributed by atoms with E-state index in [2.05, 4.69) is 5.32 Å². The Morgan fingerprint density at radius 3 is 2.71 bits per heavy atom. The van der Waals surface area contributed by atoms with Gasteiger partial charge in [0.25, 0.3) is 0 Å². The van der Waals surface area contributed by atoms with Crippen LogP contribution in [0.1, 0.15) is 0 Å². The standard InChI is InChI=1S/C10H13NO3/c1-13-8-3-4-10(14-2)9(7-8)11-5-6-12/h3-4,6-7,11H,5H2,1-2H3. The summed E-state index contributed by atoms with van der Waals surface area (Å²) in [6.07, 6.45) is 0.791. The Morgan fingerprint density at radius 1 is 1.36 bits per heavy atom. The van der Waals surface area contributed by atoms with Gasteiger partial charge < -0.3 is 19.6 Å². The lowest BCUT2D eigenvalue weighted by Gasteiger charge is -2.10. The fourth-order valence-corrected chi connectivity index (χ4v) is 1.10. The molecule has 1 N–H and O–H groups in total. The SMILES string of the molecule is COc1ccc(OC)c(NCC=O)c1. The third-order valence-corrected chi connectivity index (χ3v) is 1.78. The molecule has 1 aromatic rings. The van der Waals surface area contributed by atoms with Crippen LogP contribution in [-0.4, -0.2) is 27.1 Å². The number of hydrogen-bond donors (Lipinski definition) is 1. The predicted molar refractivity (Wildman–Crippen MR) is 54.1 cm³/mol. The van der Waals surface area contributed by atoms with E-state index in [1.165, 1.54) is 0 Å². The Balaban J connectivity index is 2.89. The maximum absolute atomic E-state index is 10.2. The number of aldehydes is 1. The topological polar surface area (TPSA) is 47.6 Å². The number of benzene rings is 1. The van der Waals surface area contributed by atoms with Crippen molar-refractivity contribution in [2.24, 2.45) is 0 Å². The van der Waals surface area contributed by atoms with Crippen LogP contribution in [0, 0.1) is 0 Å². The summed E-state index contributed by atoms with van der Waals surface area (Å²) >= 11 is 0. The molecular formula is C10H13NO3. The highest BCUT2D eigenvalue weighted by molar-refractivity contribution is 5.65. The van der Waals surface area contributed by atoms with Crippen LogP contribution in [0.2, 0.25) is 0 Å². The Kier molecular flexibility index (Phi) is 3.79. The van der Waals surface area contributed by atoms with Crippen LogP contribution >= 0.6 is 0 Å². The predicted octanol–water partition coefficient (Wildman–Crippen LogP) is 1.31. The zero-order valence-corrected chi connectivity index (χ0v) is 8.24. The molecule has 14 heavy (non-hydrogen) atoms. The van der Waals surface area contributed by atoms with E-state index in [9.17, 15) is 4.79 Å². The number of hydrogen-bond acceptors (Lipinski definition) is 4. The first-order chi connectivity index (χ1) is 6.81. The number of carbonyl (C=O) groups excluding carboxylic acids is 1. The van der Waals surface area contributed by atoms with Crippen LogP contribution in [0.4, 0.5) is 5.69 Å². The fourth-order valence-electron chi connectivity index (χ4n) is 1.10. The second-order valence-electron chi connectivity index (χ2n) is 2.61. The Hall–Kier alpha value is -1.71. The third kappa shape index (κ3) is 2.39. The maximum atomic E-state index is 10.2. The van der Waals surface area contributed by atoms with Crippen LogP contribution in [0.15, 0.2) is 18.2 Å². The van der Waals surface area contributed by atoms with Crippen molar-refractivity contribution < 1.29 is 14.3 Å². The van der Waals surface area contributed by atoms with Crippen molar-refractivity contribution in [3.8, 4) is 11.5 Å². The first kappa shape index (κ1) is 10.4. The minimum atomic E-state index is 0.253. The summed E-state index contributed by atoms with van der Waals surface area (Å²) in [4.78, 5) is 10.2. The van der Waals surface area contributed by atoms with Gasteiger partial charge in [-0.25, -0.2) is 0 Å². The molecular weight excluding hydrogens is 182 g/mol. The second kappa shape index (κ2) is 5.11. The highest BCUT2D eigenvalue weighted by Crippen LogP contribution is 2.28. The molecule has 1 rings (SSSR count). The normalized spacial score (nSPS) is 9.29. The van der Waals surface area contributed by atoms with E-state index in [0.717, 1.165) is 17.7 Å². The molecule has 0 aliphatic carbocycles. The van der Waals surface area contributed by atoms with Crippen molar-refractivity contribution in [3.05, 3.63) is 18.2 Å². The van der Waals surface area contributed by atoms with Gasteiger partial charge in [0.15, 0.2) is 0 Å². The molecule has 0 atom stereocenters. The van der Waals surface area contributed by atoms with Gasteiger partial charge >= 0.3 is 0 Å². The van der Waals surface area contributed by atoms with Gasteiger partial charge in [-0.2, -0.15) is 0 Å². The molecule has 4 heteroatoms. The van der Waals surface area contributed by atoms with Crippen LogP contribution in [-0.2, 0) is 4.79 Å². The highest BCUT2D eigenvalue weighted by atomic mass is 16.5. The molecule has 0 aromatic heterocycles. The Bertz CT molecular complexity index is 312. The van der Waals surface area contributed by atoms with E-state index in [1.54, 1.807) is 32.4 Å². The molecule has 76 valence electrons. The zero-order valence-electron chi connectivity index (χ0n) is 8.24. The van der Waals surface area contributed by atoms with Crippen LogP contribution in [0.3, 0.4) is 0 Å². The molecule has 0 saturated heterocycles. The van der Waals surface area contributed by atoms with Gasteiger partial charge in [0.1, 0.15) is 17.8 Å². The summed E-state index contributed by atoms with van der Waals surface area (Å²) in [6.45, 7) is 0.253. The van der Waals surface area contributed by atoms with Gasteiger partial charge in [0.05, 0.1) is 26.5 Å². The van der Waals surface area contributed by atoms with Crippen LogP contribution in [0.25, 0.3) is 0 Å². The van der Waals surface area contributed by atoms with Gasteiger partial charge in [-0.1, -0.05) is 0 Å². The van der Waals surface area contributed by atoms with E-state index in [-0.39, 0.29) is 6.54 Å². The zero-order chi connectivity index (χ0) is 10.4. The van der Waals surface area contributed by atoms with E-state index >= 15 is 0 Å². The summed E-state index contributed by atoms with van der Waals surface area (Å²) in [5, 5.41) is 2.92. The minimum Gasteiger partial charge on any atom is -0.497 e. The monoisotopic (exact) mass is 195 g/mol. The lowest BCUT2D eigenvalue weighted by molar-refractivity contribution is -0.106. The van der Waals surface area contributed by atoms with Gasteiger partial charge in [0, 0.05) is 6.07 Å².